The van der Waals surface area contributed by atoms with Gasteiger partial charge in [-0.3, -0.25) is 0 Å². The zero-order chi connectivity index (χ0) is 13.1. The van der Waals surface area contributed by atoms with Gasteiger partial charge in [0.1, 0.15) is 0 Å². The van der Waals surface area contributed by atoms with Crippen LogP contribution in [-0.4, -0.2) is 36.3 Å². The van der Waals surface area contributed by atoms with E-state index in [-0.39, 0.29) is 36.3 Å². The Hall–Kier alpha value is 0.686. The van der Waals surface area contributed by atoms with Gasteiger partial charge in [0.25, 0.3) is 0 Å². The molecule has 0 heterocycles. The maximum absolute atomic E-state index is 10.2. The molecule has 19 heavy (non-hydrogen) atoms. The Labute approximate surface area is 135 Å². The predicted molar refractivity (Wildman–Crippen MR) is 77.9 cm³/mol. The Balaban J connectivity index is 0.000000324. The first-order chi connectivity index (χ1) is 8.86. The van der Waals surface area contributed by atoms with Gasteiger partial charge >= 0.3 is 23.1 Å². The van der Waals surface area contributed by atoms with Crippen molar-refractivity contribution >= 4 is 23.1 Å². The fourth-order valence-electron chi connectivity index (χ4n) is 3.28. The van der Waals surface area contributed by atoms with Gasteiger partial charge in [-0.2, -0.15) is 0 Å². The molecule has 108 valence electrons. The molecular weight excluding hydrogens is 248 g/mol. The van der Waals surface area contributed by atoms with Gasteiger partial charge in [-0.25, -0.2) is 0 Å². The fourth-order valence-corrected chi connectivity index (χ4v) is 3.28. The molecule has 0 aromatic heterocycles. The molecule has 2 aliphatic rings. The zero-order valence-electron chi connectivity index (χ0n) is 12.6. The quantitative estimate of drug-likeness (QED) is 0.741. The normalized spacial score (nSPS) is 21.2. The van der Waals surface area contributed by atoms with Gasteiger partial charge in [0.2, 0.25) is 0 Å². The first kappa shape index (κ1) is 19.7. The Bertz CT molecular complexity index is 150. The van der Waals surface area contributed by atoms with E-state index in [1.165, 1.54) is 64.2 Å². The van der Waals surface area contributed by atoms with Crippen molar-refractivity contribution in [3.63, 3.8) is 0 Å². The number of rotatable bonds is 4. The molecule has 0 spiro atoms. The largest absolute Gasteiger partial charge is 2.00 e. The first-order valence-electron chi connectivity index (χ1n) is 8.03. The molecule has 2 nitrogen and oxygen atoms in total. The second kappa shape index (κ2) is 13.7. The molecule has 0 saturated heterocycles. The monoisotopic (exact) mass is 278 g/mol. The predicted octanol–water partition coefficient (Wildman–Crippen LogP) is 2.25. The minimum atomic E-state index is 0. The smallest absolute Gasteiger partial charge is 0.854 e. The standard InChI is InChI=1S/2C8H15O.Mg/c2*9-7-6-8-4-2-1-3-5-8;/h2*8H,1-7H2;/q2*-1;+2. The van der Waals surface area contributed by atoms with Crippen molar-refractivity contribution in [3.8, 4) is 0 Å². The van der Waals surface area contributed by atoms with Crippen LogP contribution in [0, 0.1) is 11.8 Å². The Morgan fingerprint density at radius 2 is 0.895 bits per heavy atom. The molecule has 0 N–H and O–H groups in total. The van der Waals surface area contributed by atoms with Crippen LogP contribution >= 0.6 is 0 Å². The van der Waals surface area contributed by atoms with Gasteiger partial charge in [-0.1, -0.05) is 77.0 Å². The summed E-state index contributed by atoms with van der Waals surface area (Å²) in [5, 5.41) is 20.4. The van der Waals surface area contributed by atoms with E-state index in [9.17, 15) is 10.2 Å². The summed E-state index contributed by atoms with van der Waals surface area (Å²) in [6, 6.07) is 0. The third-order valence-electron chi connectivity index (χ3n) is 4.50. The van der Waals surface area contributed by atoms with Crippen molar-refractivity contribution in [2.45, 2.75) is 77.0 Å². The van der Waals surface area contributed by atoms with Gasteiger partial charge in [0.05, 0.1) is 0 Å². The second-order valence-electron chi connectivity index (χ2n) is 5.99. The van der Waals surface area contributed by atoms with Gasteiger partial charge in [0, 0.05) is 0 Å². The third kappa shape index (κ3) is 10.1. The molecule has 0 bridgehead atoms. The van der Waals surface area contributed by atoms with Crippen LogP contribution in [0.25, 0.3) is 0 Å². The molecule has 0 aromatic carbocycles. The summed E-state index contributed by atoms with van der Waals surface area (Å²) in [5.41, 5.74) is 0. The van der Waals surface area contributed by atoms with E-state index in [2.05, 4.69) is 0 Å². The molecule has 2 rings (SSSR count). The summed E-state index contributed by atoms with van der Waals surface area (Å²) >= 11 is 0. The minimum Gasteiger partial charge on any atom is -0.854 e. The second-order valence-corrected chi connectivity index (χ2v) is 5.99. The van der Waals surface area contributed by atoms with E-state index < -0.39 is 0 Å². The molecule has 0 amide bonds. The van der Waals surface area contributed by atoms with Crippen LogP contribution in [0.15, 0.2) is 0 Å². The van der Waals surface area contributed by atoms with Gasteiger partial charge < -0.3 is 10.2 Å². The molecule has 2 fully saturated rings. The van der Waals surface area contributed by atoms with Gasteiger partial charge in [-0.15, -0.1) is 13.2 Å². The summed E-state index contributed by atoms with van der Waals surface area (Å²) in [5.74, 6) is 1.58. The SMILES string of the molecule is [Mg+2].[O-]CCC1CCCCC1.[O-]CCC1CCCCC1. The van der Waals surface area contributed by atoms with Gasteiger partial charge in [-0.05, 0) is 11.8 Å². The van der Waals surface area contributed by atoms with Crippen LogP contribution in [0.5, 0.6) is 0 Å². The van der Waals surface area contributed by atoms with Crippen LogP contribution in [0.2, 0.25) is 0 Å². The summed E-state index contributed by atoms with van der Waals surface area (Å²) in [6.07, 6.45) is 15.4. The Kier molecular flexibility index (Phi) is 14.2. The molecule has 2 saturated carbocycles. The summed E-state index contributed by atoms with van der Waals surface area (Å²) in [7, 11) is 0. The van der Waals surface area contributed by atoms with Crippen molar-refractivity contribution in [2.24, 2.45) is 11.8 Å². The molecule has 0 aromatic rings. The summed E-state index contributed by atoms with van der Waals surface area (Å²) < 4.78 is 0. The van der Waals surface area contributed by atoms with Crippen LogP contribution in [0.4, 0.5) is 0 Å². The fraction of sp³-hybridized carbons (Fsp3) is 1.00. The van der Waals surface area contributed by atoms with Crippen molar-refractivity contribution in [1.29, 1.82) is 0 Å². The average Bonchev–Trinajstić information content (AvgIpc) is 2.43. The number of hydrogen-bond acceptors (Lipinski definition) is 2. The van der Waals surface area contributed by atoms with Crippen LogP contribution in [0.3, 0.4) is 0 Å². The number of hydrogen-bond donors (Lipinski definition) is 0. The van der Waals surface area contributed by atoms with E-state index >= 15 is 0 Å². The van der Waals surface area contributed by atoms with E-state index in [0.717, 1.165) is 24.7 Å². The van der Waals surface area contributed by atoms with Crippen LogP contribution in [-0.2, 0) is 0 Å². The van der Waals surface area contributed by atoms with Crippen molar-refractivity contribution in [2.75, 3.05) is 13.2 Å². The van der Waals surface area contributed by atoms with E-state index in [0.29, 0.717) is 0 Å². The summed E-state index contributed by atoms with van der Waals surface area (Å²) in [6.45, 7) is 0.287. The van der Waals surface area contributed by atoms with E-state index in [4.69, 9.17) is 0 Å². The molecule has 3 heteroatoms. The molecular formula is C16H30MgO2. The first-order valence-corrected chi connectivity index (χ1v) is 8.03. The van der Waals surface area contributed by atoms with E-state index in [1.807, 2.05) is 0 Å². The topological polar surface area (TPSA) is 46.1 Å². The molecule has 0 unspecified atom stereocenters. The van der Waals surface area contributed by atoms with Crippen molar-refractivity contribution < 1.29 is 10.2 Å². The third-order valence-corrected chi connectivity index (χ3v) is 4.50. The van der Waals surface area contributed by atoms with Crippen LogP contribution < -0.4 is 10.2 Å². The Morgan fingerprint density at radius 1 is 0.579 bits per heavy atom. The van der Waals surface area contributed by atoms with E-state index in [1.54, 1.807) is 0 Å². The zero-order valence-corrected chi connectivity index (χ0v) is 14.0. The van der Waals surface area contributed by atoms with Crippen molar-refractivity contribution in [1.82, 2.24) is 0 Å². The minimum absolute atomic E-state index is 0. The molecule has 0 aliphatic heterocycles. The Morgan fingerprint density at radius 3 is 1.16 bits per heavy atom. The summed E-state index contributed by atoms with van der Waals surface area (Å²) in [4.78, 5) is 0. The average molecular weight is 279 g/mol. The molecule has 2 aliphatic carbocycles. The maximum Gasteiger partial charge on any atom is 2.00 e. The van der Waals surface area contributed by atoms with Gasteiger partial charge in [0.15, 0.2) is 0 Å². The van der Waals surface area contributed by atoms with Crippen molar-refractivity contribution in [3.05, 3.63) is 0 Å². The molecule has 0 atom stereocenters. The maximum atomic E-state index is 10.2. The molecule has 0 radical (unpaired) electrons. The van der Waals surface area contributed by atoms with Crippen LogP contribution in [0.1, 0.15) is 77.0 Å².